The summed E-state index contributed by atoms with van der Waals surface area (Å²) in [6, 6.07) is 3.75. The minimum Gasteiger partial charge on any atom is -0.397 e. The van der Waals surface area contributed by atoms with Crippen LogP contribution in [0.1, 0.15) is 34.1 Å². The molecule has 2 N–H and O–H groups in total. The van der Waals surface area contributed by atoms with Gasteiger partial charge in [0.05, 0.1) is 16.9 Å². The highest BCUT2D eigenvalue weighted by Crippen LogP contribution is 2.46. The van der Waals surface area contributed by atoms with E-state index in [0.717, 1.165) is 17.1 Å². The first-order valence-corrected chi connectivity index (χ1v) is 6.75. The minimum absolute atomic E-state index is 0.0648. The average molecular weight is 252 g/mol. The first-order chi connectivity index (χ1) is 7.80. The number of anilines is 1. The van der Waals surface area contributed by atoms with Gasteiger partial charge >= 0.3 is 0 Å². The SMILES string of the molecule is CC1(C)CC(Sc2ncccc2N)C(C)(C)O1. The Labute approximate surface area is 107 Å². The van der Waals surface area contributed by atoms with Crippen LogP contribution in [-0.4, -0.2) is 21.4 Å². The van der Waals surface area contributed by atoms with E-state index in [0.29, 0.717) is 5.25 Å². The Bertz CT molecular complexity index is 418. The summed E-state index contributed by atoms with van der Waals surface area (Å²) in [5.41, 5.74) is 6.47. The van der Waals surface area contributed by atoms with E-state index in [1.54, 1.807) is 18.0 Å². The van der Waals surface area contributed by atoms with Gasteiger partial charge in [-0.1, -0.05) is 11.8 Å². The Morgan fingerprint density at radius 3 is 2.65 bits per heavy atom. The topological polar surface area (TPSA) is 48.1 Å². The summed E-state index contributed by atoms with van der Waals surface area (Å²) in [6.45, 7) is 8.55. The van der Waals surface area contributed by atoms with Gasteiger partial charge in [-0.15, -0.1) is 0 Å². The molecule has 4 heteroatoms. The number of thioether (sulfide) groups is 1. The third kappa shape index (κ3) is 2.75. The lowest BCUT2D eigenvalue weighted by molar-refractivity contribution is -0.0631. The summed E-state index contributed by atoms with van der Waals surface area (Å²) in [7, 11) is 0. The summed E-state index contributed by atoms with van der Waals surface area (Å²) in [5.74, 6) is 0. The predicted molar refractivity (Wildman–Crippen MR) is 72.2 cm³/mol. The molecule has 0 aromatic carbocycles. The number of nitrogen functional groups attached to an aromatic ring is 1. The lowest BCUT2D eigenvalue weighted by atomic mass is 10.0. The molecule has 0 radical (unpaired) electrons. The van der Waals surface area contributed by atoms with E-state index in [4.69, 9.17) is 10.5 Å². The van der Waals surface area contributed by atoms with Crippen molar-refractivity contribution in [1.82, 2.24) is 4.98 Å². The molecule has 94 valence electrons. The molecule has 1 fully saturated rings. The fourth-order valence-corrected chi connectivity index (χ4v) is 3.74. The number of ether oxygens (including phenoxy) is 1. The van der Waals surface area contributed by atoms with Gasteiger partial charge in [0.2, 0.25) is 0 Å². The number of hydrogen-bond donors (Lipinski definition) is 1. The average Bonchev–Trinajstić information content (AvgIpc) is 2.38. The van der Waals surface area contributed by atoms with E-state index in [1.165, 1.54) is 0 Å². The van der Waals surface area contributed by atoms with Crippen molar-refractivity contribution in [3.63, 3.8) is 0 Å². The zero-order valence-corrected chi connectivity index (χ0v) is 11.7. The second-order valence-corrected chi connectivity index (χ2v) is 6.87. The molecule has 3 nitrogen and oxygen atoms in total. The zero-order valence-electron chi connectivity index (χ0n) is 10.9. The summed E-state index contributed by atoms with van der Waals surface area (Å²) < 4.78 is 6.07. The maximum atomic E-state index is 6.07. The first-order valence-electron chi connectivity index (χ1n) is 5.87. The van der Waals surface area contributed by atoms with Crippen molar-refractivity contribution in [1.29, 1.82) is 0 Å². The van der Waals surface area contributed by atoms with Crippen molar-refractivity contribution in [3.05, 3.63) is 18.3 Å². The van der Waals surface area contributed by atoms with Gasteiger partial charge in [-0.3, -0.25) is 0 Å². The van der Waals surface area contributed by atoms with Crippen molar-refractivity contribution in [2.75, 3.05) is 5.73 Å². The highest BCUT2D eigenvalue weighted by Gasteiger charge is 2.46. The number of pyridine rings is 1. The normalized spacial score (nSPS) is 26.0. The van der Waals surface area contributed by atoms with Gasteiger partial charge in [0.15, 0.2) is 0 Å². The molecule has 0 amide bonds. The Morgan fingerprint density at radius 2 is 2.12 bits per heavy atom. The molecule has 0 spiro atoms. The molecule has 1 aliphatic rings. The number of nitrogens with two attached hydrogens (primary N) is 1. The maximum absolute atomic E-state index is 6.07. The van der Waals surface area contributed by atoms with Crippen molar-refractivity contribution in [2.24, 2.45) is 0 Å². The largest absolute Gasteiger partial charge is 0.397 e. The van der Waals surface area contributed by atoms with E-state index in [-0.39, 0.29) is 11.2 Å². The number of rotatable bonds is 2. The third-order valence-corrected chi connectivity index (χ3v) is 4.63. The second kappa shape index (κ2) is 4.18. The molecule has 0 saturated carbocycles. The van der Waals surface area contributed by atoms with Crippen LogP contribution in [0.25, 0.3) is 0 Å². The van der Waals surface area contributed by atoms with Crippen LogP contribution in [0.2, 0.25) is 0 Å². The van der Waals surface area contributed by atoms with E-state index < -0.39 is 0 Å². The first kappa shape index (κ1) is 12.7. The Balaban J connectivity index is 2.17. The molecule has 2 heterocycles. The molecule has 1 saturated heterocycles. The molecule has 0 aliphatic carbocycles. The number of hydrogen-bond acceptors (Lipinski definition) is 4. The van der Waals surface area contributed by atoms with Crippen LogP contribution in [0.5, 0.6) is 0 Å². The molecule has 1 aliphatic heterocycles. The zero-order chi connectivity index (χ0) is 12.7. The van der Waals surface area contributed by atoms with Crippen molar-refractivity contribution in [2.45, 2.75) is 55.6 Å². The van der Waals surface area contributed by atoms with Crippen LogP contribution in [0, 0.1) is 0 Å². The minimum atomic E-state index is -0.141. The maximum Gasteiger partial charge on any atom is 0.119 e. The molecular weight excluding hydrogens is 232 g/mol. The van der Waals surface area contributed by atoms with Gasteiger partial charge in [0.1, 0.15) is 5.03 Å². The summed E-state index contributed by atoms with van der Waals surface area (Å²) >= 11 is 1.73. The molecule has 1 unspecified atom stereocenters. The number of nitrogens with zero attached hydrogens (tertiary/aromatic N) is 1. The predicted octanol–water partition coefficient (Wildman–Crippen LogP) is 3.10. The van der Waals surface area contributed by atoms with Gasteiger partial charge < -0.3 is 10.5 Å². The van der Waals surface area contributed by atoms with Crippen molar-refractivity contribution < 1.29 is 4.74 Å². The molecule has 1 aromatic heterocycles. The van der Waals surface area contributed by atoms with E-state index in [1.807, 2.05) is 12.1 Å². The van der Waals surface area contributed by atoms with Gasteiger partial charge in [-0.05, 0) is 46.2 Å². The van der Waals surface area contributed by atoms with Gasteiger partial charge in [-0.2, -0.15) is 0 Å². The van der Waals surface area contributed by atoms with E-state index in [9.17, 15) is 0 Å². The van der Waals surface area contributed by atoms with Crippen LogP contribution >= 0.6 is 11.8 Å². The van der Waals surface area contributed by atoms with Gasteiger partial charge in [0.25, 0.3) is 0 Å². The standard InChI is InChI=1S/C13H20N2OS/c1-12(2)8-10(13(3,4)16-12)17-11-9(14)6-5-7-15-11/h5-7,10H,8,14H2,1-4H3. The fraction of sp³-hybridized carbons (Fsp3) is 0.615. The molecule has 1 atom stereocenters. The second-order valence-electron chi connectivity index (χ2n) is 5.67. The smallest absolute Gasteiger partial charge is 0.119 e. The van der Waals surface area contributed by atoms with Crippen molar-refractivity contribution in [3.8, 4) is 0 Å². The molecule has 2 rings (SSSR count). The van der Waals surface area contributed by atoms with Gasteiger partial charge in [-0.25, -0.2) is 4.98 Å². The molecule has 17 heavy (non-hydrogen) atoms. The molecule has 1 aromatic rings. The van der Waals surface area contributed by atoms with Crippen LogP contribution in [0.4, 0.5) is 5.69 Å². The Kier molecular flexibility index (Phi) is 3.12. The summed E-state index contributed by atoms with van der Waals surface area (Å²) in [6.07, 6.45) is 2.80. The van der Waals surface area contributed by atoms with Crippen LogP contribution < -0.4 is 5.73 Å². The molecular formula is C13H20N2OS. The van der Waals surface area contributed by atoms with Crippen LogP contribution in [0.15, 0.2) is 23.4 Å². The summed E-state index contributed by atoms with van der Waals surface area (Å²) in [5, 5.41) is 1.29. The summed E-state index contributed by atoms with van der Waals surface area (Å²) in [4.78, 5) is 4.34. The van der Waals surface area contributed by atoms with E-state index >= 15 is 0 Å². The van der Waals surface area contributed by atoms with Crippen molar-refractivity contribution >= 4 is 17.4 Å². The number of aromatic nitrogens is 1. The quantitative estimate of drug-likeness (QED) is 0.878. The fourth-order valence-electron chi connectivity index (χ4n) is 2.33. The highest BCUT2D eigenvalue weighted by molar-refractivity contribution is 8.00. The Morgan fingerprint density at radius 1 is 1.41 bits per heavy atom. The molecule has 0 bridgehead atoms. The van der Waals surface area contributed by atoms with Crippen LogP contribution in [-0.2, 0) is 4.74 Å². The lowest BCUT2D eigenvalue weighted by Gasteiger charge is -2.26. The van der Waals surface area contributed by atoms with Crippen LogP contribution in [0.3, 0.4) is 0 Å². The van der Waals surface area contributed by atoms with E-state index in [2.05, 4.69) is 32.7 Å². The highest BCUT2D eigenvalue weighted by atomic mass is 32.2. The monoisotopic (exact) mass is 252 g/mol. The van der Waals surface area contributed by atoms with Gasteiger partial charge in [0, 0.05) is 11.4 Å². The lowest BCUT2D eigenvalue weighted by Crippen LogP contribution is -2.31. The Hall–Kier alpha value is -0.740. The third-order valence-electron chi connectivity index (χ3n) is 3.05.